The number of hydrogen-bond donors (Lipinski definition) is 1. The van der Waals surface area contributed by atoms with E-state index in [0.717, 1.165) is 23.9 Å². The summed E-state index contributed by atoms with van der Waals surface area (Å²) in [7, 11) is 0. The highest BCUT2D eigenvalue weighted by Crippen LogP contribution is 2.34. The summed E-state index contributed by atoms with van der Waals surface area (Å²) in [6.45, 7) is 3.33. The highest BCUT2D eigenvalue weighted by molar-refractivity contribution is 6.31. The van der Waals surface area contributed by atoms with Crippen LogP contribution in [-0.4, -0.2) is 12.6 Å². The first-order valence-corrected chi connectivity index (χ1v) is 6.66. The fraction of sp³-hybridized carbons (Fsp3) is 0.571. The lowest BCUT2D eigenvalue weighted by Crippen LogP contribution is -2.33. The van der Waals surface area contributed by atoms with E-state index in [-0.39, 0.29) is 0 Å². The zero-order valence-corrected chi connectivity index (χ0v) is 10.6. The topological polar surface area (TPSA) is 12.0 Å². The molecular formula is C14H20ClN. The minimum Gasteiger partial charge on any atom is -0.313 e. The maximum Gasteiger partial charge on any atom is 0.0438 e. The molecule has 0 amide bonds. The molecule has 0 spiro atoms. The Morgan fingerprint density at radius 2 is 2.12 bits per heavy atom. The van der Waals surface area contributed by atoms with Crippen LogP contribution in [0.3, 0.4) is 0 Å². The fourth-order valence-electron chi connectivity index (χ4n) is 2.13. The molecule has 2 heteroatoms. The van der Waals surface area contributed by atoms with E-state index in [9.17, 15) is 0 Å². The van der Waals surface area contributed by atoms with Crippen molar-refractivity contribution in [3.63, 3.8) is 0 Å². The van der Waals surface area contributed by atoms with Gasteiger partial charge in [-0.3, -0.25) is 0 Å². The minimum atomic E-state index is 0.625. The summed E-state index contributed by atoms with van der Waals surface area (Å²) in [4.78, 5) is 0. The van der Waals surface area contributed by atoms with Gasteiger partial charge in [0.2, 0.25) is 0 Å². The summed E-state index contributed by atoms with van der Waals surface area (Å²) in [5.41, 5.74) is 1.28. The van der Waals surface area contributed by atoms with Crippen LogP contribution in [0.4, 0.5) is 0 Å². The monoisotopic (exact) mass is 237 g/mol. The van der Waals surface area contributed by atoms with Crippen LogP contribution >= 0.6 is 11.6 Å². The van der Waals surface area contributed by atoms with Gasteiger partial charge < -0.3 is 5.32 Å². The second kappa shape index (κ2) is 5.70. The largest absolute Gasteiger partial charge is 0.313 e. The van der Waals surface area contributed by atoms with Crippen molar-refractivity contribution in [2.24, 2.45) is 5.92 Å². The van der Waals surface area contributed by atoms with Crippen LogP contribution in [0.1, 0.15) is 31.7 Å². The van der Waals surface area contributed by atoms with Gasteiger partial charge in [0.05, 0.1) is 0 Å². The van der Waals surface area contributed by atoms with Gasteiger partial charge in [0.1, 0.15) is 0 Å². The first kappa shape index (κ1) is 11.9. The Bertz CT molecular complexity index is 333. The highest BCUT2D eigenvalue weighted by atomic mass is 35.5. The molecule has 1 saturated carbocycles. The van der Waals surface area contributed by atoms with Crippen LogP contribution in [0.15, 0.2) is 24.3 Å². The van der Waals surface area contributed by atoms with Crippen molar-refractivity contribution in [1.82, 2.24) is 5.32 Å². The van der Waals surface area contributed by atoms with Gasteiger partial charge in [-0.2, -0.15) is 0 Å². The van der Waals surface area contributed by atoms with Gasteiger partial charge in [-0.1, -0.05) is 36.7 Å². The predicted octanol–water partition coefficient (Wildman–Crippen LogP) is 3.66. The van der Waals surface area contributed by atoms with E-state index in [0.29, 0.717) is 6.04 Å². The molecule has 1 aromatic rings. The summed E-state index contributed by atoms with van der Waals surface area (Å²) >= 11 is 6.20. The van der Waals surface area contributed by atoms with Crippen molar-refractivity contribution in [3.05, 3.63) is 34.9 Å². The molecule has 1 N–H and O–H groups in total. The standard InChI is InChI=1S/C14H20ClN/c1-2-9-16-14(11-7-8-11)10-12-5-3-4-6-13(12)15/h3-6,11,14,16H,2,7-10H2,1H3. The first-order valence-electron chi connectivity index (χ1n) is 6.28. The third kappa shape index (κ3) is 3.23. The molecule has 1 nitrogen and oxygen atoms in total. The summed E-state index contributed by atoms with van der Waals surface area (Å²) in [5, 5.41) is 4.56. The molecule has 0 radical (unpaired) electrons. The van der Waals surface area contributed by atoms with Crippen LogP contribution in [0.5, 0.6) is 0 Å². The van der Waals surface area contributed by atoms with Crippen molar-refractivity contribution >= 4 is 11.6 Å². The Morgan fingerprint density at radius 3 is 2.75 bits per heavy atom. The Morgan fingerprint density at radius 1 is 1.38 bits per heavy atom. The zero-order chi connectivity index (χ0) is 11.4. The average Bonchev–Trinajstić information content (AvgIpc) is 3.10. The molecule has 1 aliphatic carbocycles. The highest BCUT2D eigenvalue weighted by Gasteiger charge is 2.30. The Balaban J connectivity index is 1.97. The molecule has 1 aliphatic rings. The summed E-state index contributed by atoms with van der Waals surface area (Å²) in [6.07, 6.45) is 5.04. The quantitative estimate of drug-likeness (QED) is 0.796. The molecule has 1 fully saturated rings. The van der Waals surface area contributed by atoms with E-state index >= 15 is 0 Å². The Labute approximate surface area is 103 Å². The fourth-order valence-corrected chi connectivity index (χ4v) is 2.35. The smallest absolute Gasteiger partial charge is 0.0438 e. The van der Waals surface area contributed by atoms with Gasteiger partial charge in [-0.15, -0.1) is 0 Å². The SMILES string of the molecule is CCCNC(Cc1ccccc1Cl)C1CC1. The molecule has 1 unspecified atom stereocenters. The van der Waals surface area contributed by atoms with Gasteiger partial charge in [-0.25, -0.2) is 0 Å². The van der Waals surface area contributed by atoms with Crippen molar-refractivity contribution in [2.45, 2.75) is 38.6 Å². The lowest BCUT2D eigenvalue weighted by molar-refractivity contribution is 0.460. The molecule has 1 aromatic carbocycles. The van der Waals surface area contributed by atoms with Gasteiger partial charge in [0.15, 0.2) is 0 Å². The second-order valence-electron chi connectivity index (χ2n) is 4.69. The summed E-state index contributed by atoms with van der Waals surface area (Å²) < 4.78 is 0. The van der Waals surface area contributed by atoms with E-state index in [1.165, 1.54) is 24.8 Å². The molecule has 16 heavy (non-hydrogen) atoms. The molecule has 88 valence electrons. The van der Waals surface area contributed by atoms with Crippen LogP contribution < -0.4 is 5.32 Å². The molecule has 0 aliphatic heterocycles. The summed E-state index contributed by atoms with van der Waals surface area (Å²) in [5.74, 6) is 0.878. The average molecular weight is 238 g/mol. The number of rotatable bonds is 6. The van der Waals surface area contributed by atoms with Gasteiger partial charge in [0, 0.05) is 11.1 Å². The van der Waals surface area contributed by atoms with Crippen molar-refractivity contribution in [1.29, 1.82) is 0 Å². The first-order chi connectivity index (χ1) is 7.81. The number of nitrogens with one attached hydrogen (secondary N) is 1. The third-order valence-electron chi connectivity index (χ3n) is 3.25. The normalized spacial score (nSPS) is 17.4. The van der Waals surface area contributed by atoms with Gasteiger partial charge in [0.25, 0.3) is 0 Å². The van der Waals surface area contributed by atoms with Crippen molar-refractivity contribution < 1.29 is 0 Å². The van der Waals surface area contributed by atoms with Crippen LogP contribution in [-0.2, 0) is 6.42 Å². The van der Waals surface area contributed by atoms with Gasteiger partial charge >= 0.3 is 0 Å². The van der Waals surface area contributed by atoms with E-state index < -0.39 is 0 Å². The predicted molar refractivity (Wildman–Crippen MR) is 70.0 cm³/mol. The molecule has 1 atom stereocenters. The molecule has 2 rings (SSSR count). The summed E-state index contributed by atoms with van der Waals surface area (Å²) in [6, 6.07) is 8.83. The molecule has 0 aromatic heterocycles. The van der Waals surface area contributed by atoms with E-state index in [1.807, 2.05) is 12.1 Å². The maximum absolute atomic E-state index is 6.20. The molecular weight excluding hydrogens is 218 g/mol. The lowest BCUT2D eigenvalue weighted by Gasteiger charge is -2.18. The Kier molecular flexibility index (Phi) is 4.25. The van der Waals surface area contributed by atoms with Crippen LogP contribution in [0.25, 0.3) is 0 Å². The second-order valence-corrected chi connectivity index (χ2v) is 5.10. The van der Waals surface area contributed by atoms with Gasteiger partial charge in [-0.05, 0) is 49.8 Å². The zero-order valence-electron chi connectivity index (χ0n) is 9.88. The van der Waals surface area contributed by atoms with Crippen LogP contribution in [0.2, 0.25) is 5.02 Å². The van der Waals surface area contributed by atoms with Crippen molar-refractivity contribution in [2.75, 3.05) is 6.54 Å². The van der Waals surface area contributed by atoms with E-state index in [2.05, 4.69) is 24.4 Å². The molecule has 0 bridgehead atoms. The van der Waals surface area contributed by atoms with E-state index in [1.54, 1.807) is 0 Å². The van der Waals surface area contributed by atoms with Crippen LogP contribution in [0, 0.1) is 5.92 Å². The molecule has 0 saturated heterocycles. The number of benzene rings is 1. The number of hydrogen-bond acceptors (Lipinski definition) is 1. The maximum atomic E-state index is 6.20. The third-order valence-corrected chi connectivity index (χ3v) is 3.61. The minimum absolute atomic E-state index is 0.625. The number of halogens is 1. The van der Waals surface area contributed by atoms with E-state index in [4.69, 9.17) is 11.6 Å². The lowest BCUT2D eigenvalue weighted by atomic mass is 10.0. The molecule has 0 heterocycles. The Hall–Kier alpha value is -0.530. The van der Waals surface area contributed by atoms with Crippen molar-refractivity contribution in [3.8, 4) is 0 Å².